The van der Waals surface area contributed by atoms with Crippen molar-refractivity contribution in [2.24, 2.45) is 5.41 Å². The molecule has 1 rings (SSSR count). The fourth-order valence-corrected chi connectivity index (χ4v) is 2.28. The molecule has 0 unspecified atom stereocenters. The molecule has 0 bridgehead atoms. The van der Waals surface area contributed by atoms with Crippen LogP contribution in [0.2, 0.25) is 0 Å². The quantitative estimate of drug-likeness (QED) is 0.576. The van der Waals surface area contributed by atoms with Gasteiger partial charge < -0.3 is 0 Å². The average Bonchev–Trinajstić information content (AvgIpc) is 2.38. The van der Waals surface area contributed by atoms with Crippen LogP contribution in [0, 0.1) is 5.41 Å². The van der Waals surface area contributed by atoms with Gasteiger partial charge in [0, 0.05) is 13.1 Å². The zero-order valence-electron chi connectivity index (χ0n) is 11.8. The predicted octanol–water partition coefficient (Wildman–Crippen LogP) is 1.96. The molecular weight excluding hydrogens is 244 g/mol. The molecule has 1 aliphatic heterocycles. The molecule has 0 atom stereocenters. The van der Waals surface area contributed by atoms with Crippen molar-refractivity contribution < 1.29 is 14.4 Å². The SMILES string of the molecule is CC=CC1(C=CC)C(=O)N(CC)C(=O)N(CC)C1=O. The molecule has 19 heavy (non-hydrogen) atoms. The molecule has 1 aliphatic rings. The molecule has 1 fully saturated rings. The van der Waals surface area contributed by atoms with Crippen molar-refractivity contribution in [3.05, 3.63) is 24.3 Å². The van der Waals surface area contributed by atoms with Gasteiger partial charge in [-0.05, 0) is 27.7 Å². The van der Waals surface area contributed by atoms with Crippen LogP contribution in [0.3, 0.4) is 0 Å². The largest absolute Gasteiger partial charge is 0.333 e. The van der Waals surface area contributed by atoms with Crippen LogP contribution < -0.4 is 0 Å². The minimum absolute atomic E-state index is 0.248. The van der Waals surface area contributed by atoms with Gasteiger partial charge in [-0.25, -0.2) is 4.79 Å². The maximum Gasteiger partial charge on any atom is 0.333 e. The van der Waals surface area contributed by atoms with Gasteiger partial charge >= 0.3 is 6.03 Å². The van der Waals surface area contributed by atoms with Crippen molar-refractivity contribution in [3.8, 4) is 0 Å². The Bertz CT molecular complexity index is 412. The van der Waals surface area contributed by atoms with Gasteiger partial charge in [-0.15, -0.1) is 0 Å². The van der Waals surface area contributed by atoms with E-state index in [0.29, 0.717) is 0 Å². The monoisotopic (exact) mass is 264 g/mol. The van der Waals surface area contributed by atoms with E-state index < -0.39 is 23.3 Å². The highest BCUT2D eigenvalue weighted by atomic mass is 16.2. The van der Waals surface area contributed by atoms with Gasteiger partial charge in [0.1, 0.15) is 0 Å². The standard InChI is InChI=1S/C14H20N2O3/c1-5-9-14(10-6-2)11(17)15(7-3)13(19)16(8-4)12(14)18/h5-6,9-10H,7-8H2,1-4H3. The second-order valence-corrected chi connectivity index (χ2v) is 4.25. The Morgan fingerprint density at radius 1 is 0.895 bits per heavy atom. The highest BCUT2D eigenvalue weighted by Crippen LogP contribution is 2.32. The lowest BCUT2D eigenvalue weighted by molar-refractivity contribution is -0.151. The summed E-state index contributed by atoms with van der Waals surface area (Å²) >= 11 is 0. The molecule has 0 radical (unpaired) electrons. The third-order valence-corrected chi connectivity index (χ3v) is 3.15. The van der Waals surface area contributed by atoms with Gasteiger partial charge in [0.2, 0.25) is 0 Å². The van der Waals surface area contributed by atoms with Gasteiger partial charge in [-0.2, -0.15) is 0 Å². The van der Waals surface area contributed by atoms with Gasteiger partial charge in [0.25, 0.3) is 11.8 Å². The molecular formula is C14H20N2O3. The van der Waals surface area contributed by atoms with Crippen molar-refractivity contribution in [2.75, 3.05) is 13.1 Å². The van der Waals surface area contributed by atoms with Crippen molar-refractivity contribution in [1.82, 2.24) is 9.80 Å². The maximum absolute atomic E-state index is 12.5. The van der Waals surface area contributed by atoms with Gasteiger partial charge in [0.05, 0.1) is 0 Å². The molecule has 0 aromatic rings. The zero-order valence-corrected chi connectivity index (χ0v) is 11.8. The topological polar surface area (TPSA) is 57.7 Å². The highest BCUT2D eigenvalue weighted by molar-refractivity contribution is 6.21. The number of imide groups is 2. The molecule has 5 heteroatoms. The van der Waals surface area contributed by atoms with Crippen molar-refractivity contribution in [3.63, 3.8) is 0 Å². The number of carbonyl (C=O) groups excluding carboxylic acids is 3. The Morgan fingerprint density at radius 3 is 1.53 bits per heavy atom. The summed E-state index contributed by atoms with van der Waals surface area (Å²) in [6.45, 7) is 7.42. The molecule has 0 saturated carbocycles. The first-order chi connectivity index (χ1) is 8.99. The van der Waals surface area contributed by atoms with Crippen LogP contribution >= 0.6 is 0 Å². The van der Waals surface area contributed by atoms with E-state index in [4.69, 9.17) is 0 Å². The smallest absolute Gasteiger partial charge is 0.272 e. The first-order valence-electron chi connectivity index (χ1n) is 6.45. The van der Waals surface area contributed by atoms with Gasteiger partial charge in [-0.1, -0.05) is 24.3 Å². The Balaban J connectivity index is 3.46. The molecule has 0 aliphatic carbocycles. The van der Waals surface area contributed by atoms with Crippen LogP contribution in [0.4, 0.5) is 4.79 Å². The Labute approximate surface area is 113 Å². The van der Waals surface area contributed by atoms with E-state index in [1.807, 2.05) is 0 Å². The van der Waals surface area contributed by atoms with E-state index in [0.717, 1.165) is 9.80 Å². The second kappa shape index (κ2) is 5.82. The van der Waals surface area contributed by atoms with Crippen molar-refractivity contribution in [1.29, 1.82) is 0 Å². The van der Waals surface area contributed by atoms with E-state index in [1.54, 1.807) is 52.0 Å². The predicted molar refractivity (Wildman–Crippen MR) is 72.2 cm³/mol. The highest BCUT2D eigenvalue weighted by Gasteiger charge is 2.53. The summed E-state index contributed by atoms with van der Waals surface area (Å²) in [6.07, 6.45) is 6.42. The summed E-state index contributed by atoms with van der Waals surface area (Å²) in [6, 6.07) is -0.537. The number of urea groups is 1. The zero-order chi connectivity index (χ0) is 14.6. The summed E-state index contributed by atoms with van der Waals surface area (Å²) in [5.74, 6) is -0.961. The molecule has 1 heterocycles. The lowest BCUT2D eigenvalue weighted by Gasteiger charge is -2.40. The first kappa shape index (κ1) is 15.1. The number of nitrogens with zero attached hydrogens (tertiary/aromatic N) is 2. The lowest BCUT2D eigenvalue weighted by atomic mass is 9.82. The third-order valence-electron chi connectivity index (χ3n) is 3.15. The number of rotatable bonds is 4. The number of carbonyl (C=O) groups is 3. The maximum atomic E-state index is 12.5. The van der Waals surface area contributed by atoms with E-state index in [9.17, 15) is 14.4 Å². The van der Waals surface area contributed by atoms with Crippen molar-refractivity contribution >= 4 is 17.8 Å². The fraction of sp³-hybridized carbons (Fsp3) is 0.500. The molecule has 0 aromatic heterocycles. The van der Waals surface area contributed by atoms with Crippen LogP contribution in [0.25, 0.3) is 0 Å². The number of allylic oxidation sites excluding steroid dienone is 2. The molecule has 0 spiro atoms. The summed E-state index contributed by atoms with van der Waals surface area (Å²) in [7, 11) is 0. The van der Waals surface area contributed by atoms with E-state index in [2.05, 4.69) is 0 Å². The first-order valence-corrected chi connectivity index (χ1v) is 6.45. The second-order valence-electron chi connectivity index (χ2n) is 4.25. The number of hydrogen-bond acceptors (Lipinski definition) is 3. The molecule has 1 saturated heterocycles. The number of amides is 4. The molecule has 104 valence electrons. The Hall–Kier alpha value is -1.91. The Morgan fingerprint density at radius 2 is 1.26 bits per heavy atom. The molecule has 5 nitrogen and oxygen atoms in total. The van der Waals surface area contributed by atoms with Crippen LogP contribution in [0.5, 0.6) is 0 Å². The van der Waals surface area contributed by atoms with Crippen LogP contribution in [-0.4, -0.2) is 40.7 Å². The van der Waals surface area contributed by atoms with Crippen LogP contribution in [0.1, 0.15) is 27.7 Å². The fourth-order valence-electron chi connectivity index (χ4n) is 2.28. The van der Waals surface area contributed by atoms with Crippen molar-refractivity contribution in [2.45, 2.75) is 27.7 Å². The molecule has 0 N–H and O–H groups in total. The number of hydrogen-bond donors (Lipinski definition) is 0. The number of barbiturate groups is 1. The summed E-state index contributed by atoms with van der Waals surface area (Å²) in [5.41, 5.74) is -1.39. The van der Waals surface area contributed by atoms with Crippen LogP contribution in [-0.2, 0) is 9.59 Å². The minimum atomic E-state index is -1.39. The van der Waals surface area contributed by atoms with Crippen LogP contribution in [0.15, 0.2) is 24.3 Å². The average molecular weight is 264 g/mol. The summed E-state index contributed by atoms with van der Waals surface area (Å²) in [4.78, 5) is 39.3. The Kier molecular flexibility index (Phi) is 4.64. The lowest BCUT2D eigenvalue weighted by Crippen LogP contribution is -2.63. The summed E-state index contributed by atoms with van der Waals surface area (Å²) in [5, 5.41) is 0. The van der Waals surface area contributed by atoms with E-state index in [-0.39, 0.29) is 13.1 Å². The summed E-state index contributed by atoms with van der Waals surface area (Å²) < 4.78 is 0. The van der Waals surface area contributed by atoms with E-state index in [1.165, 1.54) is 0 Å². The third kappa shape index (κ3) is 2.20. The molecule has 0 aromatic carbocycles. The molecule has 4 amide bonds. The van der Waals surface area contributed by atoms with E-state index >= 15 is 0 Å². The minimum Gasteiger partial charge on any atom is -0.272 e. The van der Waals surface area contributed by atoms with Gasteiger partial charge in [0.15, 0.2) is 5.41 Å². The van der Waals surface area contributed by atoms with Gasteiger partial charge in [-0.3, -0.25) is 19.4 Å². The normalized spacial score (nSPS) is 20.1.